The Hall–Kier alpha value is -6.84. The molecule has 2 aliphatic heterocycles. The first-order chi connectivity index (χ1) is 38.7. The third-order valence-corrected chi connectivity index (χ3v) is 15.7. The van der Waals surface area contributed by atoms with Crippen LogP contribution in [0.15, 0.2) is 77.2 Å². The molecule has 21 nitrogen and oxygen atoms in total. The number of methoxy groups -OCH3 is 2. The molecule has 2 aromatic carbocycles. The van der Waals surface area contributed by atoms with Crippen molar-refractivity contribution in [3.05, 3.63) is 84.3 Å². The van der Waals surface area contributed by atoms with Crippen LogP contribution in [0.2, 0.25) is 0 Å². The standard InChI is InChI=1S/C60H88N10O11/c1-12-40(6)54(68(9)60(78)52(38(2)3)62-57(77)53(39(4)5)67(8)33-23-30-48(72)64-63-47(71)29-20-15-21-34-70-49(73)31-32-50(70)74)46(79-10)37-51(75)69-35-22-28-45(69)55(80-11)41(7)56(76)61-44(36-42-24-16-13-17-25-42)59-66-65-58(81-59)43-26-18-14-19-27-43/h13-14,16-19,24-27,31-32,38-41,44-46,52-55H,12,15,20-23,28-30,33-37H2,1-11H3,(H,61,76)(H,62,77)(H,63,71)(H,64,72)/t40-,41+,44-,45-,46+,52-,53-,54-,55+/m0/s1. The number of carbonyl (C=O) groups is 8. The van der Waals surface area contributed by atoms with Gasteiger partial charge in [0.2, 0.25) is 47.2 Å². The van der Waals surface area contributed by atoms with Crippen LogP contribution >= 0.6 is 0 Å². The van der Waals surface area contributed by atoms with Gasteiger partial charge in [0.15, 0.2) is 0 Å². The highest BCUT2D eigenvalue weighted by Gasteiger charge is 2.44. The van der Waals surface area contributed by atoms with Crippen LogP contribution in [0, 0.1) is 23.7 Å². The lowest BCUT2D eigenvalue weighted by Gasteiger charge is -2.41. The molecule has 1 saturated heterocycles. The molecule has 0 spiro atoms. The van der Waals surface area contributed by atoms with E-state index in [0.717, 1.165) is 16.0 Å². The van der Waals surface area contributed by atoms with Crippen LogP contribution in [-0.2, 0) is 54.3 Å². The largest absolute Gasteiger partial charge is 0.418 e. The van der Waals surface area contributed by atoms with Crippen molar-refractivity contribution < 1.29 is 52.2 Å². The van der Waals surface area contributed by atoms with E-state index in [1.165, 1.54) is 19.3 Å². The van der Waals surface area contributed by atoms with Crippen LogP contribution in [0.1, 0.15) is 130 Å². The third kappa shape index (κ3) is 18.3. The van der Waals surface area contributed by atoms with Gasteiger partial charge in [-0.15, -0.1) is 10.2 Å². The molecule has 3 aromatic rings. The molecule has 4 N–H and O–H groups in total. The number of hydrazine groups is 1. The molecule has 2 aliphatic rings. The first kappa shape index (κ1) is 65.0. The lowest BCUT2D eigenvalue weighted by molar-refractivity contribution is -0.148. The number of aromatic nitrogens is 2. The summed E-state index contributed by atoms with van der Waals surface area (Å²) < 4.78 is 18.4. The number of hydrogen-bond donors (Lipinski definition) is 4. The number of hydrogen-bond acceptors (Lipinski definition) is 14. The predicted molar refractivity (Wildman–Crippen MR) is 305 cm³/mol. The van der Waals surface area contributed by atoms with Gasteiger partial charge in [0.1, 0.15) is 12.1 Å². The summed E-state index contributed by atoms with van der Waals surface area (Å²) in [5.74, 6) is -3.28. The van der Waals surface area contributed by atoms with Crippen LogP contribution in [0.3, 0.4) is 0 Å². The average Bonchev–Trinajstić information content (AvgIpc) is 4.23. The number of carbonyl (C=O) groups excluding carboxylic acids is 8. The number of benzene rings is 2. The first-order valence-electron chi connectivity index (χ1n) is 28.7. The lowest BCUT2D eigenvalue weighted by Crippen LogP contribution is -2.60. The van der Waals surface area contributed by atoms with Crippen molar-refractivity contribution in [1.82, 2.24) is 51.3 Å². The normalized spacial score (nSPS) is 17.4. The number of likely N-dealkylation sites (N-methyl/N-ethyl adjacent to an activating group) is 2. The van der Waals surface area contributed by atoms with Gasteiger partial charge in [0.05, 0.1) is 42.7 Å². The summed E-state index contributed by atoms with van der Waals surface area (Å²) in [5.41, 5.74) is 6.59. The van der Waals surface area contributed by atoms with Crippen molar-refractivity contribution in [1.29, 1.82) is 0 Å². The molecule has 1 aromatic heterocycles. The van der Waals surface area contributed by atoms with Gasteiger partial charge < -0.3 is 34.3 Å². The van der Waals surface area contributed by atoms with Gasteiger partial charge in [-0.25, -0.2) is 0 Å². The molecule has 5 rings (SSSR count). The van der Waals surface area contributed by atoms with E-state index in [4.69, 9.17) is 13.9 Å². The third-order valence-electron chi connectivity index (χ3n) is 15.7. The van der Waals surface area contributed by atoms with E-state index in [1.807, 2.05) is 107 Å². The molecule has 1 fully saturated rings. The Bertz CT molecular complexity index is 2560. The monoisotopic (exact) mass is 1120 g/mol. The van der Waals surface area contributed by atoms with Gasteiger partial charge in [0.25, 0.3) is 11.8 Å². The number of likely N-dealkylation sites (tertiary alicyclic amines) is 1. The quantitative estimate of drug-likeness (QED) is 0.0339. The highest BCUT2D eigenvalue weighted by molar-refractivity contribution is 6.12. The maximum atomic E-state index is 14.8. The molecule has 0 radical (unpaired) electrons. The summed E-state index contributed by atoms with van der Waals surface area (Å²) in [5, 5.41) is 14.9. The second kappa shape index (κ2) is 32.0. The number of imide groups is 1. The zero-order valence-electron chi connectivity index (χ0n) is 49.4. The average molecular weight is 1130 g/mol. The topological polar surface area (TPSA) is 255 Å². The van der Waals surface area contributed by atoms with E-state index in [-0.39, 0.29) is 96.7 Å². The van der Waals surface area contributed by atoms with E-state index in [2.05, 4.69) is 31.7 Å². The second-order valence-electron chi connectivity index (χ2n) is 22.2. The molecular weight excluding hydrogens is 1040 g/mol. The van der Waals surface area contributed by atoms with E-state index in [0.29, 0.717) is 70.3 Å². The molecule has 444 valence electrons. The van der Waals surface area contributed by atoms with Gasteiger partial charge in [-0.3, -0.25) is 59.0 Å². The zero-order valence-corrected chi connectivity index (χ0v) is 49.4. The van der Waals surface area contributed by atoms with Crippen LogP contribution in [-0.4, -0.2) is 161 Å². The molecule has 3 heterocycles. The summed E-state index contributed by atoms with van der Waals surface area (Å²) >= 11 is 0. The Morgan fingerprint density at radius 1 is 0.765 bits per heavy atom. The Morgan fingerprint density at radius 2 is 1.40 bits per heavy atom. The second-order valence-corrected chi connectivity index (χ2v) is 22.2. The minimum absolute atomic E-state index is 0.0485. The van der Waals surface area contributed by atoms with Crippen molar-refractivity contribution in [2.45, 2.75) is 162 Å². The van der Waals surface area contributed by atoms with Gasteiger partial charge in [-0.05, 0) is 81.1 Å². The Morgan fingerprint density at radius 3 is 1.99 bits per heavy atom. The summed E-state index contributed by atoms with van der Waals surface area (Å²) in [6.45, 7) is 14.5. The maximum absolute atomic E-state index is 14.8. The zero-order chi connectivity index (χ0) is 59.3. The van der Waals surface area contributed by atoms with Crippen molar-refractivity contribution in [2.24, 2.45) is 23.7 Å². The summed E-state index contributed by atoms with van der Waals surface area (Å²) in [4.78, 5) is 113. The molecule has 0 saturated carbocycles. The van der Waals surface area contributed by atoms with Gasteiger partial charge in [-0.1, -0.05) is 110 Å². The van der Waals surface area contributed by atoms with E-state index in [9.17, 15) is 38.4 Å². The number of nitrogens with one attached hydrogen (secondary N) is 4. The van der Waals surface area contributed by atoms with E-state index >= 15 is 0 Å². The Labute approximate surface area is 478 Å². The maximum Gasteiger partial charge on any atom is 0.253 e. The van der Waals surface area contributed by atoms with Crippen molar-refractivity contribution in [2.75, 3.05) is 47.9 Å². The number of unbranched alkanes of at least 4 members (excludes halogenated alkanes) is 2. The smallest absolute Gasteiger partial charge is 0.253 e. The van der Waals surface area contributed by atoms with Gasteiger partial charge in [0, 0.05) is 71.3 Å². The fourth-order valence-electron chi connectivity index (χ4n) is 11.0. The Kier molecular flexibility index (Phi) is 25.6. The molecule has 8 amide bonds. The number of rotatable bonds is 32. The molecule has 9 atom stereocenters. The molecule has 0 unspecified atom stereocenters. The fraction of sp³-hybridized carbons (Fsp3) is 0.600. The van der Waals surface area contributed by atoms with Crippen molar-refractivity contribution in [3.8, 4) is 11.5 Å². The molecule has 0 aliphatic carbocycles. The lowest BCUT2D eigenvalue weighted by atomic mass is 9.89. The van der Waals surface area contributed by atoms with Crippen LogP contribution in [0.4, 0.5) is 0 Å². The minimum atomic E-state index is -0.918. The van der Waals surface area contributed by atoms with Gasteiger partial charge >= 0.3 is 0 Å². The molecule has 0 bridgehead atoms. The van der Waals surface area contributed by atoms with Crippen molar-refractivity contribution in [3.63, 3.8) is 0 Å². The first-order valence-corrected chi connectivity index (χ1v) is 28.7. The number of nitrogens with zero attached hydrogens (tertiary/aromatic N) is 6. The Balaban J connectivity index is 1.17. The highest BCUT2D eigenvalue weighted by Crippen LogP contribution is 2.31. The van der Waals surface area contributed by atoms with Gasteiger partial charge in [-0.2, -0.15) is 0 Å². The SMILES string of the molecule is CC[C@H](C)[C@@H]([C@@H](CC(=O)N1CCC[C@H]1[C@H](OC)[C@@H](C)C(=O)N[C@@H](Cc1ccccc1)c1nnc(-c2ccccc2)o1)OC)N(C)C(=O)[C@@H](NC(=O)[C@H](C(C)C)N(C)CCCC(=O)NNC(=O)CCCCCN1C(=O)C=CC1=O)C(C)C. The molecular formula is C60H88N10O11. The number of ether oxygens (including phenoxy) is 2. The highest BCUT2D eigenvalue weighted by atomic mass is 16.5. The molecule has 21 heteroatoms. The van der Waals surface area contributed by atoms with Crippen LogP contribution in [0.25, 0.3) is 11.5 Å². The van der Waals surface area contributed by atoms with Crippen molar-refractivity contribution >= 4 is 47.3 Å². The summed E-state index contributed by atoms with van der Waals surface area (Å²) in [6.07, 6.45) is 5.73. The summed E-state index contributed by atoms with van der Waals surface area (Å²) in [6, 6.07) is 15.9. The molecule has 81 heavy (non-hydrogen) atoms. The fourth-order valence-corrected chi connectivity index (χ4v) is 11.0. The van der Waals surface area contributed by atoms with Crippen LogP contribution < -0.4 is 21.5 Å². The van der Waals surface area contributed by atoms with E-state index < -0.39 is 48.3 Å². The number of amides is 8. The summed E-state index contributed by atoms with van der Waals surface area (Å²) in [7, 11) is 6.58. The van der Waals surface area contributed by atoms with E-state index in [1.54, 1.807) is 37.9 Å². The minimum Gasteiger partial charge on any atom is -0.418 e. The van der Waals surface area contributed by atoms with Crippen LogP contribution in [0.5, 0.6) is 0 Å². The predicted octanol–water partition coefficient (Wildman–Crippen LogP) is 5.57.